The van der Waals surface area contributed by atoms with E-state index in [9.17, 15) is 9.59 Å². The van der Waals surface area contributed by atoms with Crippen LogP contribution in [0.25, 0.3) is 0 Å². The number of nitrogens with one attached hydrogen (secondary N) is 2. The first-order chi connectivity index (χ1) is 13.4. The number of ether oxygens (including phenoxy) is 2. The number of benzene rings is 2. The molecule has 1 unspecified atom stereocenters. The Bertz CT molecular complexity index is 826. The summed E-state index contributed by atoms with van der Waals surface area (Å²) in [6.07, 6.45) is -0.0410. The first-order valence-corrected chi connectivity index (χ1v) is 9.40. The number of carbonyl (C=O) groups excluding carboxylic acids is 2. The molecule has 2 aromatic carbocycles. The molecule has 0 aliphatic carbocycles. The molecule has 7 heteroatoms. The maximum atomic E-state index is 12.5. The molecule has 0 spiro atoms. The fourth-order valence-corrected chi connectivity index (χ4v) is 2.60. The van der Waals surface area contributed by atoms with Gasteiger partial charge in [0, 0.05) is 25.3 Å². The normalized spacial score (nSPS) is 11.6. The van der Waals surface area contributed by atoms with Gasteiger partial charge in [0.25, 0.3) is 11.8 Å². The van der Waals surface area contributed by atoms with Crippen LogP contribution in [0.3, 0.4) is 0 Å². The fourth-order valence-electron chi connectivity index (χ4n) is 2.49. The van der Waals surface area contributed by atoms with Crippen LogP contribution in [0.1, 0.15) is 29.3 Å². The van der Waals surface area contributed by atoms with Crippen LogP contribution in [-0.2, 0) is 9.53 Å². The van der Waals surface area contributed by atoms with Gasteiger partial charge in [-0.05, 0) is 56.2 Å². The maximum Gasteiger partial charge on any atom is 0.265 e. The minimum Gasteiger partial charge on any atom is -0.481 e. The number of carbonyl (C=O) groups is 2. The van der Waals surface area contributed by atoms with Crippen molar-refractivity contribution in [3.8, 4) is 5.75 Å². The summed E-state index contributed by atoms with van der Waals surface area (Å²) >= 11 is 6.01. The third-order valence-electron chi connectivity index (χ3n) is 4.05. The van der Waals surface area contributed by atoms with Crippen molar-refractivity contribution in [2.75, 3.05) is 25.6 Å². The zero-order chi connectivity index (χ0) is 20.5. The van der Waals surface area contributed by atoms with Gasteiger partial charge in [-0.25, -0.2) is 0 Å². The van der Waals surface area contributed by atoms with Gasteiger partial charge in [0.15, 0.2) is 6.10 Å². The summed E-state index contributed by atoms with van der Waals surface area (Å²) in [6.45, 7) is 4.57. The Hall–Kier alpha value is -2.57. The van der Waals surface area contributed by atoms with E-state index in [1.165, 1.54) is 0 Å². The van der Waals surface area contributed by atoms with E-state index in [0.29, 0.717) is 41.6 Å². The molecule has 0 aromatic heterocycles. The Morgan fingerprint density at radius 3 is 2.64 bits per heavy atom. The highest BCUT2D eigenvalue weighted by Crippen LogP contribution is 2.22. The van der Waals surface area contributed by atoms with Crippen molar-refractivity contribution in [3.05, 3.63) is 58.6 Å². The zero-order valence-corrected chi connectivity index (χ0v) is 17.0. The predicted molar refractivity (Wildman–Crippen MR) is 110 cm³/mol. The molecule has 1 atom stereocenters. The Balaban J connectivity index is 2.00. The average molecular weight is 405 g/mol. The predicted octanol–water partition coefficient (Wildman–Crippen LogP) is 3.82. The number of para-hydroxylation sites is 1. The summed E-state index contributed by atoms with van der Waals surface area (Å²) in [5.74, 6) is -0.0603. The molecule has 0 aliphatic heterocycles. The van der Waals surface area contributed by atoms with Gasteiger partial charge in [0.1, 0.15) is 5.75 Å². The summed E-state index contributed by atoms with van der Waals surface area (Å²) in [6, 6.07) is 12.0. The second-order valence-corrected chi connectivity index (χ2v) is 6.72. The van der Waals surface area contributed by atoms with Gasteiger partial charge in [-0.2, -0.15) is 0 Å². The van der Waals surface area contributed by atoms with Gasteiger partial charge < -0.3 is 20.1 Å². The van der Waals surface area contributed by atoms with Gasteiger partial charge in [-0.1, -0.05) is 23.7 Å². The van der Waals surface area contributed by atoms with E-state index in [0.717, 1.165) is 5.56 Å². The summed E-state index contributed by atoms with van der Waals surface area (Å²) in [4.78, 5) is 24.9. The summed E-state index contributed by atoms with van der Waals surface area (Å²) in [7, 11) is 1.61. The quantitative estimate of drug-likeness (QED) is 0.623. The van der Waals surface area contributed by atoms with Gasteiger partial charge >= 0.3 is 0 Å². The Labute approximate surface area is 170 Å². The number of rotatable bonds is 9. The highest BCUT2D eigenvalue weighted by Gasteiger charge is 2.18. The Morgan fingerprint density at radius 1 is 1.18 bits per heavy atom. The van der Waals surface area contributed by atoms with E-state index in [2.05, 4.69) is 10.6 Å². The van der Waals surface area contributed by atoms with Crippen molar-refractivity contribution in [3.63, 3.8) is 0 Å². The third-order valence-corrected chi connectivity index (χ3v) is 4.48. The Kier molecular flexibility index (Phi) is 8.29. The van der Waals surface area contributed by atoms with Crippen molar-refractivity contribution in [1.29, 1.82) is 0 Å². The van der Waals surface area contributed by atoms with Crippen molar-refractivity contribution in [1.82, 2.24) is 5.32 Å². The summed E-state index contributed by atoms with van der Waals surface area (Å²) < 4.78 is 10.7. The molecule has 0 bridgehead atoms. The average Bonchev–Trinajstić information content (AvgIpc) is 2.68. The topological polar surface area (TPSA) is 76.7 Å². The number of hydrogen-bond acceptors (Lipinski definition) is 4. The lowest BCUT2D eigenvalue weighted by Gasteiger charge is -2.17. The molecular formula is C21H25ClN2O4. The first kappa shape index (κ1) is 21.7. The molecule has 0 aliphatic rings. The smallest absolute Gasteiger partial charge is 0.265 e. The van der Waals surface area contributed by atoms with Gasteiger partial charge in [-0.3, -0.25) is 9.59 Å². The molecule has 2 N–H and O–H groups in total. The van der Waals surface area contributed by atoms with Gasteiger partial charge in [-0.15, -0.1) is 0 Å². The molecule has 6 nitrogen and oxygen atoms in total. The Morgan fingerprint density at radius 2 is 1.93 bits per heavy atom. The lowest BCUT2D eigenvalue weighted by Crippen LogP contribution is -2.32. The molecular weight excluding hydrogens is 380 g/mol. The standard InChI is InChI=1S/C21H25ClN2O4/c1-14-13-16(9-10-18(14)22)28-15(2)20(25)24-19-8-5-4-7-17(19)21(26)23-11-6-12-27-3/h4-5,7-10,13,15H,6,11-12H2,1-3H3,(H,23,26)(H,24,25). The lowest BCUT2D eigenvalue weighted by molar-refractivity contribution is -0.122. The van der Waals surface area contributed by atoms with Crippen LogP contribution in [0.2, 0.25) is 5.02 Å². The molecule has 2 amide bonds. The molecule has 150 valence electrons. The fraction of sp³-hybridized carbons (Fsp3) is 0.333. The monoisotopic (exact) mass is 404 g/mol. The number of hydrogen-bond donors (Lipinski definition) is 2. The SMILES string of the molecule is COCCCNC(=O)c1ccccc1NC(=O)C(C)Oc1ccc(Cl)c(C)c1. The van der Waals surface area contributed by atoms with E-state index in [4.69, 9.17) is 21.1 Å². The van der Waals surface area contributed by atoms with Crippen molar-refractivity contribution >= 4 is 29.1 Å². The van der Waals surface area contributed by atoms with Crippen LogP contribution in [0, 0.1) is 6.92 Å². The van der Waals surface area contributed by atoms with E-state index in [1.54, 1.807) is 56.5 Å². The number of methoxy groups -OCH3 is 1. The van der Waals surface area contributed by atoms with Crippen LogP contribution >= 0.6 is 11.6 Å². The largest absolute Gasteiger partial charge is 0.481 e. The van der Waals surface area contributed by atoms with E-state index in [1.807, 2.05) is 6.92 Å². The molecule has 0 saturated heterocycles. The number of anilines is 1. The molecule has 28 heavy (non-hydrogen) atoms. The molecule has 0 fully saturated rings. The first-order valence-electron chi connectivity index (χ1n) is 9.02. The minimum absolute atomic E-state index is 0.256. The van der Waals surface area contributed by atoms with E-state index in [-0.39, 0.29) is 11.8 Å². The second-order valence-electron chi connectivity index (χ2n) is 6.31. The van der Waals surface area contributed by atoms with Crippen LogP contribution in [-0.4, -0.2) is 38.2 Å². The molecule has 2 rings (SSSR count). The van der Waals surface area contributed by atoms with E-state index >= 15 is 0 Å². The van der Waals surface area contributed by atoms with Crippen molar-refractivity contribution in [2.24, 2.45) is 0 Å². The van der Waals surface area contributed by atoms with Crippen LogP contribution < -0.4 is 15.4 Å². The number of amides is 2. The summed E-state index contributed by atoms with van der Waals surface area (Å²) in [5, 5.41) is 6.21. The van der Waals surface area contributed by atoms with Crippen molar-refractivity contribution < 1.29 is 19.1 Å². The maximum absolute atomic E-state index is 12.5. The molecule has 0 saturated carbocycles. The number of halogens is 1. The highest BCUT2D eigenvalue weighted by atomic mass is 35.5. The van der Waals surface area contributed by atoms with Gasteiger partial charge in [0.2, 0.25) is 0 Å². The molecule has 0 heterocycles. The minimum atomic E-state index is -0.751. The van der Waals surface area contributed by atoms with Crippen LogP contribution in [0.15, 0.2) is 42.5 Å². The third kappa shape index (κ3) is 6.25. The second kappa shape index (κ2) is 10.7. The summed E-state index contributed by atoms with van der Waals surface area (Å²) in [5.41, 5.74) is 1.68. The van der Waals surface area contributed by atoms with E-state index < -0.39 is 6.10 Å². The van der Waals surface area contributed by atoms with Gasteiger partial charge in [0.05, 0.1) is 11.3 Å². The number of aryl methyl sites for hydroxylation is 1. The molecule has 0 radical (unpaired) electrons. The van der Waals surface area contributed by atoms with Crippen LogP contribution in [0.5, 0.6) is 5.75 Å². The van der Waals surface area contributed by atoms with Crippen LogP contribution in [0.4, 0.5) is 5.69 Å². The van der Waals surface area contributed by atoms with Crippen molar-refractivity contribution in [2.45, 2.75) is 26.4 Å². The zero-order valence-electron chi connectivity index (χ0n) is 16.3. The highest BCUT2D eigenvalue weighted by molar-refractivity contribution is 6.31. The lowest BCUT2D eigenvalue weighted by atomic mass is 10.1. The molecule has 2 aromatic rings.